The Morgan fingerprint density at radius 2 is 1.33 bits per heavy atom. The molecule has 0 radical (unpaired) electrons. The van der Waals surface area contributed by atoms with Crippen molar-refractivity contribution >= 4 is 44.6 Å². The maximum atomic E-state index is 12.8. The average Bonchev–Trinajstić information content (AvgIpc) is 3.90. The van der Waals surface area contributed by atoms with Crippen LogP contribution in [0, 0.1) is 27.7 Å². The first kappa shape index (κ1) is 32.9. The fraction of sp³-hybridized carbons (Fsp3) is 0.333. The summed E-state index contributed by atoms with van der Waals surface area (Å²) in [6.07, 6.45) is 5.48. The Balaban J connectivity index is 0.000000154. The van der Waals surface area contributed by atoms with Gasteiger partial charge >= 0.3 is 0 Å². The van der Waals surface area contributed by atoms with Crippen LogP contribution in [0.5, 0.6) is 23.0 Å². The summed E-state index contributed by atoms with van der Waals surface area (Å²) in [6, 6.07) is 8.11. The van der Waals surface area contributed by atoms with Gasteiger partial charge in [0.2, 0.25) is 0 Å². The summed E-state index contributed by atoms with van der Waals surface area (Å²) in [5, 5.41) is 1.36. The predicted octanol–water partition coefficient (Wildman–Crippen LogP) is 6.64. The van der Waals surface area contributed by atoms with E-state index in [0.717, 1.165) is 115 Å². The van der Waals surface area contributed by atoms with Crippen molar-refractivity contribution in [1.29, 1.82) is 0 Å². The third kappa shape index (κ3) is 6.56. The normalized spacial score (nSPS) is 13.8. The minimum absolute atomic E-state index is 0.290. The zero-order chi connectivity index (χ0) is 34.2. The van der Waals surface area contributed by atoms with E-state index in [1.54, 1.807) is 32.2 Å². The minimum atomic E-state index is -1.32. The number of hydrogen-bond acceptors (Lipinski definition) is 10. The average molecular weight is 699 g/mol. The summed E-state index contributed by atoms with van der Waals surface area (Å²) in [6.45, 7) is 9.42. The first-order chi connectivity index (χ1) is 23.7. The summed E-state index contributed by atoms with van der Waals surface area (Å²) in [7, 11) is 2.02. The SMILES string of the molecule is COc1c(C)cnc(CS(=O)c2nc3cc4c(cc3[nH]2)CCO4)c1C.COc1c(C)cnc(CSc2nc3cc4c(cc3[nH]2)CCO4)c1C. The lowest BCUT2D eigenvalue weighted by Gasteiger charge is -2.11. The smallest absolute Gasteiger partial charge is 0.197 e. The highest BCUT2D eigenvalue weighted by molar-refractivity contribution is 7.98. The van der Waals surface area contributed by atoms with Crippen LogP contribution >= 0.6 is 11.8 Å². The molecule has 11 nitrogen and oxygen atoms in total. The fourth-order valence-corrected chi connectivity index (χ4v) is 8.27. The maximum Gasteiger partial charge on any atom is 0.197 e. The van der Waals surface area contributed by atoms with Crippen LogP contribution in [0.1, 0.15) is 44.8 Å². The molecule has 0 spiro atoms. The second-order valence-electron chi connectivity index (χ2n) is 12.1. The number of aromatic amines is 2. The summed E-state index contributed by atoms with van der Waals surface area (Å²) in [5.41, 5.74) is 11.9. The Labute approximate surface area is 291 Å². The van der Waals surface area contributed by atoms with Gasteiger partial charge in [-0.2, -0.15) is 0 Å². The quantitative estimate of drug-likeness (QED) is 0.167. The zero-order valence-corrected chi connectivity index (χ0v) is 30.0. The summed E-state index contributed by atoms with van der Waals surface area (Å²) in [4.78, 5) is 24.7. The topological polar surface area (TPSA) is 137 Å². The zero-order valence-electron chi connectivity index (χ0n) is 28.4. The second-order valence-corrected chi connectivity index (χ2v) is 14.4. The van der Waals surface area contributed by atoms with Crippen molar-refractivity contribution in [2.45, 2.75) is 62.4 Å². The van der Waals surface area contributed by atoms with Crippen LogP contribution in [-0.4, -0.2) is 61.5 Å². The molecule has 2 aliphatic heterocycles. The number of aromatic nitrogens is 6. The van der Waals surface area contributed by atoms with Crippen LogP contribution in [-0.2, 0) is 35.1 Å². The molecule has 4 aromatic heterocycles. The van der Waals surface area contributed by atoms with E-state index in [0.29, 0.717) is 17.5 Å². The Kier molecular flexibility index (Phi) is 9.21. The number of rotatable bonds is 8. The van der Waals surface area contributed by atoms with Crippen molar-refractivity contribution in [2.75, 3.05) is 27.4 Å². The number of aryl methyl sites for hydroxylation is 2. The second kappa shape index (κ2) is 13.7. The van der Waals surface area contributed by atoms with E-state index in [1.807, 2.05) is 45.2 Å². The van der Waals surface area contributed by atoms with E-state index in [9.17, 15) is 4.21 Å². The first-order valence-corrected chi connectivity index (χ1v) is 18.3. The van der Waals surface area contributed by atoms with Gasteiger partial charge in [-0.05, 0) is 51.0 Å². The molecule has 8 rings (SSSR count). The number of methoxy groups -OCH3 is 2. The van der Waals surface area contributed by atoms with Gasteiger partial charge in [-0.1, -0.05) is 11.8 Å². The van der Waals surface area contributed by atoms with Crippen LogP contribution in [0.25, 0.3) is 22.1 Å². The number of hydrogen-bond donors (Lipinski definition) is 2. The number of ether oxygens (including phenoxy) is 4. The predicted molar refractivity (Wildman–Crippen MR) is 191 cm³/mol. The van der Waals surface area contributed by atoms with Crippen LogP contribution in [0.4, 0.5) is 0 Å². The number of nitrogens with zero attached hydrogens (tertiary/aromatic N) is 4. The molecule has 13 heteroatoms. The van der Waals surface area contributed by atoms with Gasteiger partial charge < -0.3 is 28.9 Å². The lowest BCUT2D eigenvalue weighted by atomic mass is 10.1. The number of H-pyrrole nitrogens is 2. The minimum Gasteiger partial charge on any atom is -0.496 e. The Bertz CT molecular complexity index is 2150. The van der Waals surface area contributed by atoms with Crippen molar-refractivity contribution in [3.63, 3.8) is 0 Å². The van der Waals surface area contributed by atoms with Gasteiger partial charge in [0.25, 0.3) is 0 Å². The Hall–Kier alpha value is -4.62. The summed E-state index contributed by atoms with van der Waals surface area (Å²) >= 11 is 1.65. The highest BCUT2D eigenvalue weighted by atomic mass is 32.2. The van der Waals surface area contributed by atoms with E-state index < -0.39 is 10.8 Å². The van der Waals surface area contributed by atoms with E-state index in [-0.39, 0.29) is 0 Å². The molecular formula is C36H38N6O5S2. The molecule has 0 saturated heterocycles. The number of thioether (sulfide) groups is 1. The standard InChI is InChI=1S/C18H19N3O3S.C18H19N3O2S/c1-10-8-19-15(11(2)17(10)23-3)9-25(22)18-20-13-6-12-4-5-24-16(12)7-14(13)21-18;1-10-8-19-15(11(2)17(10)22-3)9-24-18-20-13-6-12-4-5-23-16(12)7-14(13)21-18/h6-8H,4-5,9H2,1-3H3,(H,20,21);6-8H,4-5,9H2,1-3H3,(H,20,21). The highest BCUT2D eigenvalue weighted by Gasteiger charge is 2.20. The van der Waals surface area contributed by atoms with Crippen LogP contribution in [0.3, 0.4) is 0 Å². The monoisotopic (exact) mass is 698 g/mol. The molecule has 6 heterocycles. The summed E-state index contributed by atoms with van der Waals surface area (Å²) in [5.74, 6) is 4.58. The van der Waals surface area contributed by atoms with Gasteiger partial charge in [-0.3, -0.25) is 14.2 Å². The molecule has 0 aliphatic carbocycles. The lowest BCUT2D eigenvalue weighted by molar-refractivity contribution is 0.357. The van der Waals surface area contributed by atoms with Gasteiger partial charge in [-0.25, -0.2) is 9.97 Å². The van der Waals surface area contributed by atoms with Crippen LogP contribution < -0.4 is 18.9 Å². The third-order valence-corrected chi connectivity index (χ3v) is 10.9. The maximum absolute atomic E-state index is 12.8. The molecule has 0 amide bonds. The molecule has 1 unspecified atom stereocenters. The number of nitrogens with one attached hydrogen (secondary N) is 2. The molecule has 254 valence electrons. The molecule has 0 bridgehead atoms. The largest absolute Gasteiger partial charge is 0.496 e. The number of benzene rings is 2. The van der Waals surface area contributed by atoms with Gasteiger partial charge in [0.1, 0.15) is 23.0 Å². The fourth-order valence-electron chi connectivity index (χ4n) is 6.26. The van der Waals surface area contributed by atoms with E-state index in [1.165, 1.54) is 5.56 Å². The van der Waals surface area contributed by atoms with Gasteiger partial charge in [-0.15, -0.1) is 0 Å². The van der Waals surface area contributed by atoms with Crippen LogP contribution in [0.2, 0.25) is 0 Å². The van der Waals surface area contributed by atoms with Gasteiger partial charge in [0, 0.05) is 65.4 Å². The van der Waals surface area contributed by atoms with Gasteiger partial charge in [0.15, 0.2) is 10.3 Å². The highest BCUT2D eigenvalue weighted by Crippen LogP contribution is 2.33. The Morgan fingerprint density at radius 1 is 0.776 bits per heavy atom. The number of imidazole rings is 2. The lowest BCUT2D eigenvalue weighted by Crippen LogP contribution is -2.05. The van der Waals surface area contributed by atoms with Crippen molar-refractivity contribution in [3.8, 4) is 23.0 Å². The molecular weight excluding hydrogens is 661 g/mol. The molecule has 0 fully saturated rings. The molecule has 2 N–H and O–H groups in total. The molecule has 49 heavy (non-hydrogen) atoms. The van der Waals surface area contributed by atoms with Gasteiger partial charge in [0.05, 0.1) is 77.4 Å². The summed E-state index contributed by atoms with van der Waals surface area (Å²) < 4.78 is 34.9. The first-order valence-electron chi connectivity index (χ1n) is 16.0. The van der Waals surface area contributed by atoms with Crippen LogP contribution in [0.15, 0.2) is 47.0 Å². The van der Waals surface area contributed by atoms with Crippen molar-refractivity contribution < 1.29 is 23.2 Å². The molecule has 0 saturated carbocycles. The van der Waals surface area contributed by atoms with E-state index in [4.69, 9.17) is 18.9 Å². The number of fused-ring (bicyclic) bond motifs is 4. The van der Waals surface area contributed by atoms with E-state index in [2.05, 4.69) is 42.9 Å². The molecule has 6 aromatic rings. The van der Waals surface area contributed by atoms with Crippen molar-refractivity contribution in [2.24, 2.45) is 0 Å². The van der Waals surface area contributed by atoms with Crippen molar-refractivity contribution in [1.82, 2.24) is 29.9 Å². The van der Waals surface area contributed by atoms with E-state index >= 15 is 0 Å². The molecule has 2 aliphatic rings. The van der Waals surface area contributed by atoms with Crippen molar-refractivity contribution in [3.05, 3.63) is 81.4 Å². The third-order valence-electron chi connectivity index (χ3n) is 8.87. The molecule has 1 atom stereocenters. The Morgan fingerprint density at radius 3 is 1.94 bits per heavy atom. The molecule has 2 aromatic carbocycles. The number of pyridine rings is 2.